The minimum Gasteiger partial charge on any atom is -0.350 e. The summed E-state index contributed by atoms with van der Waals surface area (Å²) in [6, 6.07) is 14.9. The summed E-state index contributed by atoms with van der Waals surface area (Å²) in [6.07, 6.45) is 0. The molecule has 0 aliphatic rings. The van der Waals surface area contributed by atoms with Gasteiger partial charge in [-0.25, -0.2) is 8.42 Å². The maximum absolute atomic E-state index is 12.4. The van der Waals surface area contributed by atoms with Crippen molar-refractivity contribution in [1.82, 2.24) is 9.62 Å². The van der Waals surface area contributed by atoms with E-state index in [0.717, 1.165) is 5.56 Å². The standard InChI is InChI=1S/C19H25N3O3S/c1-14(2)22(3)26(24,25)17-11-9-16(10-12-17)19(23)21-13-18(20)15-7-5-4-6-8-15/h4-12,14,18H,13,20H2,1-3H3,(H,21,23). The van der Waals surface area contributed by atoms with Gasteiger partial charge in [0.05, 0.1) is 4.90 Å². The number of nitrogens with zero attached hydrogens (tertiary/aromatic N) is 1. The van der Waals surface area contributed by atoms with Crippen LogP contribution in [0.1, 0.15) is 35.8 Å². The summed E-state index contributed by atoms with van der Waals surface area (Å²) in [5, 5.41) is 2.77. The third-order valence-electron chi connectivity index (χ3n) is 4.23. The van der Waals surface area contributed by atoms with E-state index in [1.807, 2.05) is 30.3 Å². The van der Waals surface area contributed by atoms with Crippen LogP contribution in [0.3, 0.4) is 0 Å². The lowest BCUT2D eigenvalue weighted by atomic mass is 10.1. The first-order chi connectivity index (χ1) is 12.2. The highest BCUT2D eigenvalue weighted by atomic mass is 32.2. The van der Waals surface area contributed by atoms with E-state index in [1.54, 1.807) is 13.8 Å². The van der Waals surface area contributed by atoms with E-state index in [2.05, 4.69) is 5.32 Å². The SMILES string of the molecule is CC(C)N(C)S(=O)(=O)c1ccc(C(=O)NCC(N)c2ccccc2)cc1. The quantitative estimate of drug-likeness (QED) is 0.775. The Bertz CT molecular complexity index is 834. The Morgan fingerprint density at radius 1 is 1.08 bits per heavy atom. The summed E-state index contributed by atoms with van der Waals surface area (Å²) < 4.78 is 26.2. The van der Waals surface area contributed by atoms with Gasteiger partial charge in [-0.2, -0.15) is 4.31 Å². The summed E-state index contributed by atoms with van der Waals surface area (Å²) in [6.45, 7) is 3.89. The lowest BCUT2D eigenvalue weighted by molar-refractivity contribution is 0.0951. The van der Waals surface area contributed by atoms with E-state index in [4.69, 9.17) is 5.73 Å². The molecule has 3 N–H and O–H groups in total. The van der Waals surface area contributed by atoms with Crippen LogP contribution in [0, 0.1) is 0 Å². The van der Waals surface area contributed by atoms with E-state index in [1.165, 1.54) is 35.6 Å². The maximum atomic E-state index is 12.4. The van der Waals surface area contributed by atoms with Gasteiger partial charge in [0.15, 0.2) is 0 Å². The molecule has 0 aromatic heterocycles. The molecule has 140 valence electrons. The smallest absolute Gasteiger partial charge is 0.251 e. The average Bonchev–Trinajstić information content (AvgIpc) is 2.65. The molecule has 0 heterocycles. The molecule has 0 aliphatic carbocycles. The molecule has 0 spiro atoms. The van der Waals surface area contributed by atoms with Crippen LogP contribution in [0.5, 0.6) is 0 Å². The molecule has 0 bridgehead atoms. The van der Waals surface area contributed by atoms with Gasteiger partial charge in [-0.1, -0.05) is 30.3 Å². The summed E-state index contributed by atoms with van der Waals surface area (Å²) in [5.74, 6) is -0.294. The highest BCUT2D eigenvalue weighted by Crippen LogP contribution is 2.17. The van der Waals surface area contributed by atoms with E-state index >= 15 is 0 Å². The van der Waals surface area contributed by atoms with Crippen LogP contribution in [0.2, 0.25) is 0 Å². The number of benzene rings is 2. The zero-order valence-corrected chi connectivity index (χ0v) is 16.0. The highest BCUT2D eigenvalue weighted by Gasteiger charge is 2.23. The predicted molar refractivity (Wildman–Crippen MR) is 102 cm³/mol. The number of sulfonamides is 1. The molecule has 2 rings (SSSR count). The fourth-order valence-corrected chi connectivity index (χ4v) is 3.71. The first kappa shape index (κ1) is 20.1. The summed E-state index contributed by atoms with van der Waals surface area (Å²) >= 11 is 0. The zero-order chi connectivity index (χ0) is 19.3. The van der Waals surface area contributed by atoms with Crippen molar-refractivity contribution >= 4 is 15.9 Å². The molecule has 6 nitrogen and oxygen atoms in total. The van der Waals surface area contributed by atoms with Crippen molar-refractivity contribution in [1.29, 1.82) is 0 Å². The summed E-state index contributed by atoms with van der Waals surface area (Å²) in [7, 11) is -2.03. The van der Waals surface area contributed by atoms with Gasteiger partial charge in [0.1, 0.15) is 0 Å². The normalized spacial score (nSPS) is 13.0. The number of hydrogen-bond acceptors (Lipinski definition) is 4. The number of carbonyl (C=O) groups excluding carboxylic acids is 1. The molecule has 0 fully saturated rings. The number of nitrogens with two attached hydrogens (primary N) is 1. The molecule has 2 aromatic rings. The summed E-state index contributed by atoms with van der Waals surface area (Å²) in [5.41, 5.74) is 7.39. The van der Waals surface area contributed by atoms with Gasteiger partial charge in [-0.15, -0.1) is 0 Å². The number of nitrogens with one attached hydrogen (secondary N) is 1. The van der Waals surface area contributed by atoms with Crippen LogP contribution >= 0.6 is 0 Å². The van der Waals surface area contributed by atoms with Crippen molar-refractivity contribution in [3.63, 3.8) is 0 Å². The Balaban J connectivity index is 2.03. The van der Waals surface area contributed by atoms with Gasteiger partial charge >= 0.3 is 0 Å². The molecule has 7 heteroatoms. The largest absolute Gasteiger partial charge is 0.350 e. The first-order valence-electron chi connectivity index (χ1n) is 8.40. The van der Waals surface area contributed by atoms with Crippen molar-refractivity contribution in [2.75, 3.05) is 13.6 Å². The van der Waals surface area contributed by atoms with Gasteiger partial charge in [0.25, 0.3) is 5.91 Å². The third-order valence-corrected chi connectivity index (χ3v) is 6.28. The van der Waals surface area contributed by atoms with Crippen LogP contribution in [-0.4, -0.2) is 38.3 Å². The molecular formula is C19H25N3O3S. The molecule has 0 radical (unpaired) electrons. The van der Waals surface area contributed by atoms with Crippen LogP contribution in [-0.2, 0) is 10.0 Å². The average molecular weight is 375 g/mol. The van der Waals surface area contributed by atoms with Gasteiger partial charge in [-0.05, 0) is 43.7 Å². The highest BCUT2D eigenvalue weighted by molar-refractivity contribution is 7.89. The number of hydrogen-bond donors (Lipinski definition) is 2. The second-order valence-corrected chi connectivity index (χ2v) is 8.36. The van der Waals surface area contributed by atoms with Crippen molar-refractivity contribution in [3.8, 4) is 0 Å². The molecular weight excluding hydrogens is 350 g/mol. The number of amides is 1. The zero-order valence-electron chi connectivity index (χ0n) is 15.2. The topological polar surface area (TPSA) is 92.5 Å². The minimum absolute atomic E-state index is 0.151. The van der Waals surface area contributed by atoms with E-state index in [-0.39, 0.29) is 22.9 Å². The Hall–Kier alpha value is -2.22. The van der Waals surface area contributed by atoms with E-state index in [9.17, 15) is 13.2 Å². The molecule has 0 saturated carbocycles. The van der Waals surface area contributed by atoms with Gasteiger partial charge in [0, 0.05) is 31.2 Å². The Morgan fingerprint density at radius 2 is 1.65 bits per heavy atom. The van der Waals surface area contributed by atoms with Gasteiger partial charge in [0.2, 0.25) is 10.0 Å². The first-order valence-corrected chi connectivity index (χ1v) is 9.84. The second kappa shape index (κ2) is 8.44. The predicted octanol–water partition coefficient (Wildman–Crippen LogP) is 2.15. The monoisotopic (exact) mass is 375 g/mol. The maximum Gasteiger partial charge on any atom is 0.251 e. The Kier molecular flexibility index (Phi) is 6.52. The molecule has 1 unspecified atom stereocenters. The third kappa shape index (κ3) is 4.69. The lowest BCUT2D eigenvalue weighted by Gasteiger charge is -2.21. The molecule has 1 amide bonds. The fraction of sp³-hybridized carbons (Fsp3) is 0.316. The van der Waals surface area contributed by atoms with Crippen molar-refractivity contribution in [2.24, 2.45) is 5.73 Å². The molecule has 1 atom stereocenters. The molecule has 0 saturated heterocycles. The van der Waals surface area contributed by atoms with Crippen molar-refractivity contribution < 1.29 is 13.2 Å². The van der Waals surface area contributed by atoms with Crippen LogP contribution < -0.4 is 11.1 Å². The van der Waals surface area contributed by atoms with Gasteiger partial charge < -0.3 is 11.1 Å². The fourth-order valence-electron chi connectivity index (χ4n) is 2.34. The second-order valence-electron chi connectivity index (χ2n) is 6.37. The number of carbonyl (C=O) groups is 1. The summed E-state index contributed by atoms with van der Waals surface area (Å²) in [4.78, 5) is 12.4. The van der Waals surface area contributed by atoms with Crippen LogP contribution in [0.25, 0.3) is 0 Å². The van der Waals surface area contributed by atoms with Crippen molar-refractivity contribution in [3.05, 3.63) is 65.7 Å². The molecule has 26 heavy (non-hydrogen) atoms. The minimum atomic E-state index is -3.56. The molecule has 2 aromatic carbocycles. The van der Waals surface area contributed by atoms with E-state index < -0.39 is 10.0 Å². The van der Waals surface area contributed by atoms with Gasteiger partial charge in [-0.3, -0.25) is 4.79 Å². The van der Waals surface area contributed by atoms with Crippen LogP contribution in [0.4, 0.5) is 0 Å². The Labute approximate surface area is 155 Å². The van der Waals surface area contributed by atoms with Crippen molar-refractivity contribution in [2.45, 2.75) is 30.8 Å². The Morgan fingerprint density at radius 3 is 2.19 bits per heavy atom. The lowest BCUT2D eigenvalue weighted by Crippen LogP contribution is -2.33. The van der Waals surface area contributed by atoms with Crippen LogP contribution in [0.15, 0.2) is 59.5 Å². The molecule has 0 aliphatic heterocycles. The van der Waals surface area contributed by atoms with E-state index in [0.29, 0.717) is 12.1 Å². The number of rotatable bonds is 7.